The molecular weight excluding hydrogens is 343 g/mol. The summed E-state index contributed by atoms with van der Waals surface area (Å²) in [5.41, 5.74) is 6.73. The molecule has 3 N–H and O–H groups in total. The highest BCUT2D eigenvalue weighted by atomic mass is 35.5. The van der Waals surface area contributed by atoms with E-state index in [1.807, 2.05) is 24.3 Å². The summed E-state index contributed by atoms with van der Waals surface area (Å²) >= 11 is 5.93. The summed E-state index contributed by atoms with van der Waals surface area (Å²) in [6.07, 6.45) is 1.95. The van der Waals surface area contributed by atoms with Gasteiger partial charge in [0, 0.05) is 36.7 Å². The van der Waals surface area contributed by atoms with Gasteiger partial charge in [-0.25, -0.2) is 9.49 Å². The summed E-state index contributed by atoms with van der Waals surface area (Å²) in [7, 11) is 0. The van der Waals surface area contributed by atoms with Gasteiger partial charge >= 0.3 is 0 Å². The number of likely N-dealkylation sites (tertiary alicyclic amines) is 1. The van der Waals surface area contributed by atoms with Crippen LogP contribution in [0.15, 0.2) is 24.3 Å². The summed E-state index contributed by atoms with van der Waals surface area (Å²) in [5.74, 6) is 0.990. The summed E-state index contributed by atoms with van der Waals surface area (Å²) in [6, 6.07) is 8.10. The van der Waals surface area contributed by atoms with Crippen LogP contribution in [0.25, 0.3) is 0 Å². The lowest BCUT2D eigenvalue weighted by atomic mass is 9.88. The lowest BCUT2D eigenvalue weighted by molar-refractivity contribution is -0.0472. The first-order valence-electron chi connectivity index (χ1n) is 8.67. The molecule has 0 amide bonds. The van der Waals surface area contributed by atoms with Crippen LogP contribution in [0.2, 0.25) is 5.02 Å². The number of piperidine rings is 1. The van der Waals surface area contributed by atoms with Crippen LogP contribution in [0.3, 0.4) is 0 Å². The fourth-order valence-electron chi connectivity index (χ4n) is 3.86. The molecular formula is C17H22ClFN6. The van der Waals surface area contributed by atoms with Crippen molar-refractivity contribution in [2.75, 3.05) is 30.3 Å². The van der Waals surface area contributed by atoms with Crippen LogP contribution in [0.1, 0.15) is 18.4 Å². The van der Waals surface area contributed by atoms with Crippen LogP contribution < -0.4 is 10.6 Å². The first-order valence-corrected chi connectivity index (χ1v) is 9.05. The summed E-state index contributed by atoms with van der Waals surface area (Å²) in [6.45, 7) is 2.27. The molecule has 1 aromatic carbocycles. The molecule has 0 spiro atoms. The molecule has 2 atom stereocenters. The molecule has 1 unspecified atom stereocenters. The van der Waals surface area contributed by atoms with Crippen molar-refractivity contribution in [3.05, 3.63) is 34.9 Å². The number of rotatable bonds is 4. The molecule has 0 radical (unpaired) electrons. The molecule has 25 heavy (non-hydrogen) atoms. The molecule has 0 aliphatic carbocycles. The zero-order valence-corrected chi connectivity index (χ0v) is 14.7. The van der Waals surface area contributed by atoms with Crippen LogP contribution in [0, 0.1) is 0 Å². The van der Waals surface area contributed by atoms with Crippen molar-refractivity contribution >= 4 is 23.5 Å². The predicted molar refractivity (Wildman–Crippen MR) is 96.6 cm³/mol. The standard InChI is InChI=1S/C17H22ClFN6/c18-12-3-1-11(2-4-12)9-15-14(19)10-25(15)13-5-7-24(8-6-13)17-21-16(20)22-23-17/h1-4,13-15H,5-10H2,(H3,20,21,22,23)/t14-,15?/m1/s1. The van der Waals surface area contributed by atoms with Crippen molar-refractivity contribution in [3.8, 4) is 0 Å². The molecule has 2 aliphatic heterocycles. The molecule has 2 saturated heterocycles. The van der Waals surface area contributed by atoms with Crippen molar-refractivity contribution < 1.29 is 4.39 Å². The fraction of sp³-hybridized carbons (Fsp3) is 0.529. The van der Waals surface area contributed by atoms with Crippen molar-refractivity contribution in [2.45, 2.75) is 37.5 Å². The molecule has 4 rings (SSSR count). The highest BCUT2D eigenvalue weighted by Gasteiger charge is 2.43. The Kier molecular flexibility index (Phi) is 4.52. The lowest BCUT2D eigenvalue weighted by Crippen LogP contribution is -2.64. The number of benzene rings is 1. The quantitative estimate of drug-likeness (QED) is 0.870. The van der Waals surface area contributed by atoms with E-state index in [-0.39, 0.29) is 6.04 Å². The lowest BCUT2D eigenvalue weighted by Gasteiger charge is -2.50. The number of alkyl halides is 1. The third-order valence-electron chi connectivity index (χ3n) is 5.29. The second kappa shape index (κ2) is 6.80. The second-order valence-corrected chi connectivity index (χ2v) is 7.29. The molecule has 2 aliphatic rings. The highest BCUT2D eigenvalue weighted by molar-refractivity contribution is 6.30. The van der Waals surface area contributed by atoms with Gasteiger partial charge in [0.2, 0.25) is 11.9 Å². The Hall–Kier alpha value is -1.86. The number of aromatic nitrogens is 3. The second-order valence-electron chi connectivity index (χ2n) is 6.85. The Bertz CT molecular complexity index is 712. The topological polar surface area (TPSA) is 74.1 Å². The van der Waals surface area contributed by atoms with Crippen molar-refractivity contribution in [1.82, 2.24) is 20.1 Å². The van der Waals surface area contributed by atoms with E-state index in [0.29, 0.717) is 29.5 Å². The number of H-pyrrole nitrogens is 1. The minimum absolute atomic E-state index is 0.0307. The third-order valence-corrected chi connectivity index (χ3v) is 5.55. The zero-order chi connectivity index (χ0) is 17.4. The average molecular weight is 365 g/mol. The van der Waals surface area contributed by atoms with Gasteiger partial charge in [-0.05, 0) is 37.0 Å². The van der Waals surface area contributed by atoms with Crippen molar-refractivity contribution in [1.29, 1.82) is 0 Å². The van der Waals surface area contributed by atoms with E-state index in [9.17, 15) is 4.39 Å². The van der Waals surface area contributed by atoms with Gasteiger partial charge in [-0.15, -0.1) is 5.10 Å². The molecule has 134 valence electrons. The van der Waals surface area contributed by atoms with Crippen LogP contribution in [-0.4, -0.2) is 58.0 Å². The number of aromatic amines is 1. The molecule has 3 heterocycles. The van der Waals surface area contributed by atoms with E-state index < -0.39 is 6.17 Å². The zero-order valence-electron chi connectivity index (χ0n) is 13.9. The maximum absolute atomic E-state index is 14.2. The van der Waals surface area contributed by atoms with Crippen molar-refractivity contribution in [3.63, 3.8) is 0 Å². The van der Waals surface area contributed by atoms with Crippen LogP contribution in [0.4, 0.5) is 16.3 Å². The molecule has 2 aromatic rings. The third kappa shape index (κ3) is 3.43. The van der Waals surface area contributed by atoms with Gasteiger partial charge in [0.25, 0.3) is 0 Å². The Morgan fingerprint density at radius 3 is 2.56 bits per heavy atom. The number of hydrogen-bond donors (Lipinski definition) is 2. The molecule has 0 saturated carbocycles. The highest BCUT2D eigenvalue weighted by Crippen LogP contribution is 2.32. The van der Waals surface area contributed by atoms with Gasteiger partial charge in [0.1, 0.15) is 6.17 Å². The van der Waals surface area contributed by atoms with Gasteiger partial charge in [0.15, 0.2) is 0 Å². The molecule has 2 fully saturated rings. The SMILES string of the molecule is Nc1nc(N2CCC(N3C[C@@H](F)C3Cc3ccc(Cl)cc3)CC2)n[nH]1. The maximum Gasteiger partial charge on any atom is 0.246 e. The van der Waals surface area contributed by atoms with E-state index >= 15 is 0 Å². The van der Waals surface area contributed by atoms with Crippen LogP contribution in [-0.2, 0) is 6.42 Å². The van der Waals surface area contributed by atoms with E-state index in [1.165, 1.54) is 0 Å². The smallest absolute Gasteiger partial charge is 0.246 e. The van der Waals surface area contributed by atoms with E-state index in [1.54, 1.807) is 0 Å². The van der Waals surface area contributed by atoms with Gasteiger partial charge in [-0.3, -0.25) is 4.90 Å². The molecule has 0 bridgehead atoms. The fourth-order valence-corrected chi connectivity index (χ4v) is 3.99. The van der Waals surface area contributed by atoms with Gasteiger partial charge < -0.3 is 10.6 Å². The largest absolute Gasteiger partial charge is 0.368 e. The number of nitrogen functional groups attached to an aromatic ring is 1. The minimum atomic E-state index is -0.749. The number of nitrogens with zero attached hydrogens (tertiary/aromatic N) is 4. The Morgan fingerprint density at radius 1 is 1.24 bits per heavy atom. The van der Waals surface area contributed by atoms with Gasteiger partial charge in [-0.1, -0.05) is 23.7 Å². The van der Waals surface area contributed by atoms with Gasteiger partial charge in [-0.2, -0.15) is 4.98 Å². The van der Waals surface area contributed by atoms with E-state index in [0.717, 1.165) is 37.9 Å². The number of nitrogens with two attached hydrogens (primary N) is 1. The summed E-state index contributed by atoms with van der Waals surface area (Å²) < 4.78 is 14.2. The first-order chi connectivity index (χ1) is 12.1. The molecule has 1 aromatic heterocycles. The first kappa shape index (κ1) is 16.6. The number of hydrogen-bond acceptors (Lipinski definition) is 5. The Morgan fingerprint density at radius 2 is 1.96 bits per heavy atom. The Balaban J connectivity index is 1.35. The number of nitrogens with one attached hydrogen (secondary N) is 1. The Labute approximate surface area is 151 Å². The van der Waals surface area contributed by atoms with Crippen LogP contribution >= 0.6 is 11.6 Å². The average Bonchev–Trinajstić information content (AvgIpc) is 3.06. The predicted octanol–water partition coefficient (Wildman–Crippen LogP) is 2.27. The summed E-state index contributed by atoms with van der Waals surface area (Å²) in [4.78, 5) is 8.63. The normalized spacial score (nSPS) is 25.1. The van der Waals surface area contributed by atoms with Crippen LogP contribution in [0.5, 0.6) is 0 Å². The van der Waals surface area contributed by atoms with E-state index in [2.05, 4.69) is 25.0 Å². The number of anilines is 2. The monoisotopic (exact) mass is 364 g/mol. The molecule has 6 nitrogen and oxygen atoms in total. The minimum Gasteiger partial charge on any atom is -0.368 e. The van der Waals surface area contributed by atoms with Gasteiger partial charge in [0.05, 0.1) is 0 Å². The summed E-state index contributed by atoms with van der Waals surface area (Å²) in [5, 5.41) is 7.50. The van der Waals surface area contributed by atoms with Crippen molar-refractivity contribution in [2.24, 2.45) is 0 Å². The van der Waals surface area contributed by atoms with E-state index in [4.69, 9.17) is 17.3 Å². The number of halogens is 2. The maximum atomic E-state index is 14.2. The molecule has 8 heteroatoms.